The Kier molecular flexibility index (Phi) is 4.28. The number of amides is 1. The van der Waals surface area contributed by atoms with Crippen LogP contribution in [0.3, 0.4) is 0 Å². The number of carbonyl (C=O) groups excluding carboxylic acids is 1. The third-order valence-corrected chi connectivity index (χ3v) is 5.58. The molecule has 27 heavy (non-hydrogen) atoms. The molecule has 0 spiro atoms. The number of hydrogen-bond donors (Lipinski definition) is 0. The molecule has 138 valence electrons. The highest BCUT2D eigenvalue weighted by molar-refractivity contribution is 5.79. The van der Waals surface area contributed by atoms with Gasteiger partial charge in [0.05, 0.1) is 0 Å². The lowest BCUT2D eigenvalue weighted by Gasteiger charge is -2.28. The summed E-state index contributed by atoms with van der Waals surface area (Å²) in [5.41, 5.74) is 0.416. The van der Waals surface area contributed by atoms with Crippen LogP contribution in [0.1, 0.15) is 30.5 Å². The molecule has 4 rings (SSSR count). The zero-order valence-corrected chi connectivity index (χ0v) is 15.1. The SMILES string of the molecule is C[C@]1([N+](=O)[O-])[C@@H](/C=C\c2ccccc2)N2CCC(=O)N2[C@@H]1c1ccccc1. The predicted molar refractivity (Wildman–Crippen MR) is 102 cm³/mol. The van der Waals surface area contributed by atoms with E-state index in [0.29, 0.717) is 13.0 Å². The van der Waals surface area contributed by atoms with Gasteiger partial charge in [-0.25, -0.2) is 5.01 Å². The van der Waals surface area contributed by atoms with Gasteiger partial charge >= 0.3 is 0 Å². The second kappa shape index (κ2) is 6.63. The van der Waals surface area contributed by atoms with E-state index in [0.717, 1.165) is 11.1 Å². The Hall–Kier alpha value is -2.99. The molecule has 1 amide bonds. The van der Waals surface area contributed by atoms with Crippen LogP contribution in [0.2, 0.25) is 0 Å². The van der Waals surface area contributed by atoms with Crippen molar-refractivity contribution in [3.63, 3.8) is 0 Å². The Balaban J connectivity index is 1.81. The zero-order valence-electron chi connectivity index (χ0n) is 15.1. The molecule has 6 nitrogen and oxygen atoms in total. The van der Waals surface area contributed by atoms with Crippen molar-refractivity contribution in [3.05, 3.63) is 88.0 Å². The molecule has 0 bridgehead atoms. The fourth-order valence-electron chi connectivity index (χ4n) is 4.23. The third-order valence-electron chi connectivity index (χ3n) is 5.58. The lowest BCUT2D eigenvalue weighted by Crippen LogP contribution is -2.49. The average molecular weight is 363 g/mol. The van der Waals surface area contributed by atoms with Gasteiger partial charge in [0, 0.05) is 24.8 Å². The summed E-state index contributed by atoms with van der Waals surface area (Å²) in [4.78, 5) is 24.7. The van der Waals surface area contributed by atoms with Crippen LogP contribution in [0.5, 0.6) is 0 Å². The molecule has 2 heterocycles. The van der Waals surface area contributed by atoms with E-state index in [4.69, 9.17) is 0 Å². The fourth-order valence-corrected chi connectivity index (χ4v) is 4.23. The maximum absolute atomic E-state index is 12.6. The van der Waals surface area contributed by atoms with Crippen molar-refractivity contribution in [1.82, 2.24) is 10.0 Å². The number of fused-ring (bicyclic) bond motifs is 1. The number of nitro groups is 1. The van der Waals surface area contributed by atoms with Crippen molar-refractivity contribution in [2.75, 3.05) is 6.54 Å². The minimum absolute atomic E-state index is 0.0625. The van der Waals surface area contributed by atoms with Crippen LogP contribution in [-0.4, -0.2) is 39.0 Å². The minimum atomic E-state index is -1.34. The van der Waals surface area contributed by atoms with Crippen LogP contribution in [0.25, 0.3) is 6.08 Å². The monoisotopic (exact) mass is 363 g/mol. The first-order valence-corrected chi connectivity index (χ1v) is 9.05. The molecule has 0 aromatic heterocycles. The molecule has 0 aliphatic carbocycles. The van der Waals surface area contributed by atoms with Gasteiger partial charge in [-0.05, 0) is 11.1 Å². The maximum atomic E-state index is 12.6. The van der Waals surface area contributed by atoms with Crippen LogP contribution in [0.4, 0.5) is 0 Å². The van der Waals surface area contributed by atoms with Crippen molar-refractivity contribution in [1.29, 1.82) is 0 Å². The Labute approximate surface area is 157 Å². The quantitative estimate of drug-likeness (QED) is 0.617. The van der Waals surface area contributed by atoms with E-state index in [1.54, 1.807) is 11.9 Å². The molecular weight excluding hydrogens is 342 g/mol. The summed E-state index contributed by atoms with van der Waals surface area (Å²) in [5, 5.41) is 15.7. The van der Waals surface area contributed by atoms with Crippen LogP contribution < -0.4 is 0 Å². The lowest BCUT2D eigenvalue weighted by molar-refractivity contribution is -0.570. The van der Waals surface area contributed by atoms with Crippen LogP contribution in [-0.2, 0) is 4.79 Å². The number of carbonyl (C=O) groups is 1. The molecule has 0 unspecified atom stereocenters. The maximum Gasteiger partial charge on any atom is 0.265 e. The predicted octanol–water partition coefficient (Wildman–Crippen LogP) is 3.31. The van der Waals surface area contributed by atoms with Crippen molar-refractivity contribution in [3.8, 4) is 0 Å². The van der Waals surface area contributed by atoms with E-state index >= 15 is 0 Å². The number of benzene rings is 2. The molecule has 0 saturated carbocycles. The molecule has 2 aromatic rings. The number of rotatable bonds is 4. The van der Waals surface area contributed by atoms with Gasteiger partial charge in [-0.1, -0.05) is 72.8 Å². The summed E-state index contributed by atoms with van der Waals surface area (Å²) in [7, 11) is 0. The molecular formula is C21H21N3O3. The molecule has 2 fully saturated rings. The molecule has 2 aliphatic rings. The first kappa shape index (κ1) is 17.4. The van der Waals surface area contributed by atoms with Crippen molar-refractivity contribution >= 4 is 12.0 Å². The largest absolute Gasteiger partial charge is 0.273 e. The number of hydrogen-bond acceptors (Lipinski definition) is 4. The van der Waals surface area contributed by atoms with Crippen LogP contribution in [0, 0.1) is 10.1 Å². The molecule has 0 radical (unpaired) electrons. The van der Waals surface area contributed by atoms with Gasteiger partial charge in [0.1, 0.15) is 12.1 Å². The van der Waals surface area contributed by atoms with Crippen LogP contribution in [0.15, 0.2) is 66.7 Å². The second-order valence-electron chi connectivity index (χ2n) is 7.16. The highest BCUT2D eigenvalue weighted by Gasteiger charge is 2.66. The van der Waals surface area contributed by atoms with Crippen molar-refractivity contribution in [2.24, 2.45) is 0 Å². The summed E-state index contributed by atoms with van der Waals surface area (Å²) in [6, 6.07) is 17.9. The van der Waals surface area contributed by atoms with E-state index in [1.165, 1.54) is 0 Å². The van der Waals surface area contributed by atoms with Gasteiger partial charge in [-0.15, -0.1) is 0 Å². The highest BCUT2D eigenvalue weighted by atomic mass is 16.6. The Morgan fingerprint density at radius 3 is 2.37 bits per heavy atom. The minimum Gasteiger partial charge on any atom is -0.273 e. The van der Waals surface area contributed by atoms with Crippen molar-refractivity contribution in [2.45, 2.75) is 31.0 Å². The van der Waals surface area contributed by atoms with E-state index in [-0.39, 0.29) is 10.8 Å². The number of hydrazine groups is 1. The number of nitrogens with zero attached hydrogens (tertiary/aromatic N) is 3. The first-order chi connectivity index (χ1) is 13.0. The smallest absolute Gasteiger partial charge is 0.265 e. The van der Waals surface area contributed by atoms with Gasteiger partial charge in [0.25, 0.3) is 5.54 Å². The van der Waals surface area contributed by atoms with Gasteiger partial charge < -0.3 is 0 Å². The van der Waals surface area contributed by atoms with E-state index in [9.17, 15) is 14.9 Å². The average Bonchev–Trinajstić information content (AvgIpc) is 3.17. The van der Waals surface area contributed by atoms with Gasteiger partial charge in [-0.2, -0.15) is 0 Å². The van der Waals surface area contributed by atoms with Crippen LogP contribution >= 0.6 is 0 Å². The second-order valence-corrected chi connectivity index (χ2v) is 7.16. The summed E-state index contributed by atoms with van der Waals surface area (Å²) >= 11 is 0. The van der Waals surface area contributed by atoms with Gasteiger partial charge in [-0.3, -0.25) is 19.9 Å². The van der Waals surface area contributed by atoms with E-state index in [2.05, 4.69) is 0 Å². The van der Waals surface area contributed by atoms with Crippen molar-refractivity contribution < 1.29 is 9.72 Å². The molecule has 0 N–H and O–H groups in total. The van der Waals surface area contributed by atoms with Gasteiger partial charge in [0.2, 0.25) is 5.91 Å². The lowest BCUT2D eigenvalue weighted by atomic mass is 9.82. The van der Waals surface area contributed by atoms with Gasteiger partial charge in [0.15, 0.2) is 0 Å². The molecule has 3 atom stereocenters. The molecule has 6 heteroatoms. The fraction of sp³-hybridized carbons (Fsp3) is 0.286. The first-order valence-electron chi connectivity index (χ1n) is 9.05. The normalized spacial score (nSPS) is 28.0. The summed E-state index contributed by atoms with van der Waals surface area (Å²) in [5.74, 6) is -0.0625. The summed E-state index contributed by atoms with van der Waals surface area (Å²) in [6.45, 7) is 2.14. The van der Waals surface area contributed by atoms with E-state index in [1.807, 2.05) is 77.8 Å². The molecule has 2 aromatic carbocycles. The summed E-state index contributed by atoms with van der Waals surface area (Å²) in [6.07, 6.45) is 4.15. The Morgan fingerprint density at radius 2 is 1.74 bits per heavy atom. The molecule has 2 aliphatic heterocycles. The molecule has 2 saturated heterocycles. The standard InChI is InChI=1S/C21H21N3O3/c1-21(24(26)27)18(13-12-16-8-4-2-5-9-16)22-15-14-19(25)23(22)20(21)17-10-6-3-7-11-17/h2-13,18,20H,14-15H2,1H3/b13-12-/t18-,20-,21+/m1/s1. The zero-order chi connectivity index (χ0) is 19.0. The topological polar surface area (TPSA) is 66.7 Å². The summed E-state index contributed by atoms with van der Waals surface area (Å²) < 4.78 is 0. The third kappa shape index (κ3) is 2.73. The Morgan fingerprint density at radius 1 is 1.11 bits per heavy atom. The Bertz CT molecular complexity index is 884. The highest BCUT2D eigenvalue weighted by Crippen LogP contribution is 2.48. The van der Waals surface area contributed by atoms with E-state index < -0.39 is 17.6 Å².